The predicted molar refractivity (Wildman–Crippen MR) is 71.7 cm³/mol. The van der Waals surface area contributed by atoms with Crippen molar-refractivity contribution in [3.63, 3.8) is 0 Å². The Morgan fingerprint density at radius 3 is 2.15 bits per heavy atom. The summed E-state index contributed by atoms with van der Waals surface area (Å²) in [4.78, 5) is 37.4. The molecule has 0 fully saturated rings. The van der Waals surface area contributed by atoms with Gasteiger partial charge < -0.3 is 14.4 Å². The number of hydrogen-bond acceptors (Lipinski definition) is 5. The quantitative estimate of drug-likeness (QED) is 0.528. The summed E-state index contributed by atoms with van der Waals surface area (Å²) in [5.41, 5.74) is 0. The van der Waals surface area contributed by atoms with Crippen molar-refractivity contribution in [2.24, 2.45) is 0 Å². The molecule has 0 bridgehead atoms. The summed E-state index contributed by atoms with van der Waals surface area (Å²) in [6.07, 6.45) is 4.27. The third-order valence-corrected chi connectivity index (χ3v) is 2.98. The number of hydrogen-bond donors (Lipinski definition) is 0. The highest BCUT2D eigenvalue weighted by Crippen LogP contribution is 2.07. The van der Waals surface area contributed by atoms with E-state index in [-0.39, 0.29) is 6.61 Å². The van der Waals surface area contributed by atoms with Crippen LogP contribution >= 0.6 is 0 Å². The molecule has 7 heteroatoms. The standard InChI is InChI=1S/C13H20N2O5/c1-7-8-20-13(18)15(5)9(2)11(16)14(4)10(3)12(17)19-6/h1,9-10H,8H2,2-6H3/t9-,10-/m0/s1. The van der Waals surface area contributed by atoms with Crippen LogP contribution in [-0.4, -0.2) is 67.7 Å². The van der Waals surface area contributed by atoms with Gasteiger partial charge in [-0.15, -0.1) is 6.42 Å². The molecule has 0 aliphatic heterocycles. The van der Waals surface area contributed by atoms with Crippen LogP contribution in [0.4, 0.5) is 4.79 Å². The highest BCUT2D eigenvalue weighted by Gasteiger charge is 2.30. The van der Waals surface area contributed by atoms with Gasteiger partial charge in [-0.1, -0.05) is 5.92 Å². The van der Waals surface area contributed by atoms with E-state index in [9.17, 15) is 14.4 Å². The first kappa shape index (κ1) is 17.8. The maximum absolute atomic E-state index is 12.2. The third kappa shape index (κ3) is 4.46. The van der Waals surface area contributed by atoms with E-state index in [4.69, 9.17) is 11.2 Å². The summed E-state index contributed by atoms with van der Waals surface area (Å²) in [6, 6.07) is -1.54. The molecule has 0 heterocycles. The summed E-state index contributed by atoms with van der Waals surface area (Å²) < 4.78 is 9.29. The van der Waals surface area contributed by atoms with Crippen molar-refractivity contribution in [3.8, 4) is 12.3 Å². The second kappa shape index (κ2) is 8.04. The lowest BCUT2D eigenvalue weighted by Gasteiger charge is -2.29. The first-order chi connectivity index (χ1) is 9.27. The van der Waals surface area contributed by atoms with Gasteiger partial charge in [-0.2, -0.15) is 0 Å². The van der Waals surface area contributed by atoms with Crippen LogP contribution < -0.4 is 0 Å². The van der Waals surface area contributed by atoms with E-state index >= 15 is 0 Å². The summed E-state index contributed by atoms with van der Waals surface area (Å²) >= 11 is 0. The van der Waals surface area contributed by atoms with Crippen LogP contribution in [0.15, 0.2) is 0 Å². The van der Waals surface area contributed by atoms with Gasteiger partial charge in [-0.05, 0) is 13.8 Å². The lowest BCUT2D eigenvalue weighted by Crippen LogP contribution is -2.51. The molecule has 0 aromatic rings. The minimum atomic E-state index is -0.794. The zero-order valence-electron chi connectivity index (χ0n) is 12.4. The van der Waals surface area contributed by atoms with Crippen molar-refractivity contribution in [1.82, 2.24) is 9.80 Å². The van der Waals surface area contributed by atoms with Crippen molar-refractivity contribution in [2.75, 3.05) is 27.8 Å². The SMILES string of the molecule is C#CCOC(=O)N(C)[C@@H](C)C(=O)N(C)[C@@H](C)C(=O)OC. The van der Waals surface area contributed by atoms with Crippen LogP contribution in [-0.2, 0) is 19.1 Å². The summed E-state index contributed by atoms with van der Waals surface area (Å²) in [5.74, 6) is 1.21. The molecule has 112 valence electrons. The van der Waals surface area contributed by atoms with Gasteiger partial charge >= 0.3 is 12.1 Å². The number of ether oxygens (including phenoxy) is 2. The van der Waals surface area contributed by atoms with Crippen molar-refractivity contribution in [1.29, 1.82) is 0 Å². The molecule has 0 rings (SSSR count). The lowest BCUT2D eigenvalue weighted by molar-refractivity contribution is -0.152. The average Bonchev–Trinajstić information content (AvgIpc) is 2.47. The molecular weight excluding hydrogens is 264 g/mol. The van der Waals surface area contributed by atoms with Crippen molar-refractivity contribution >= 4 is 18.0 Å². The van der Waals surface area contributed by atoms with Gasteiger partial charge in [-0.3, -0.25) is 9.69 Å². The molecule has 0 spiro atoms. The van der Waals surface area contributed by atoms with Crippen LogP contribution in [0.2, 0.25) is 0 Å². The van der Waals surface area contributed by atoms with Gasteiger partial charge in [0, 0.05) is 14.1 Å². The number of terminal acetylenes is 1. The fourth-order valence-electron chi connectivity index (χ4n) is 1.34. The molecule has 0 saturated carbocycles. The first-order valence-electron chi connectivity index (χ1n) is 5.95. The molecule has 0 aliphatic rings. The molecule has 2 amide bonds. The Morgan fingerprint density at radius 2 is 1.70 bits per heavy atom. The third-order valence-electron chi connectivity index (χ3n) is 2.98. The number of esters is 1. The Labute approximate surface area is 118 Å². The van der Waals surface area contributed by atoms with Crippen LogP contribution in [0.25, 0.3) is 0 Å². The predicted octanol–water partition coefficient (Wildman–Crippen LogP) is 0.0964. The highest BCUT2D eigenvalue weighted by molar-refractivity contribution is 5.89. The zero-order chi connectivity index (χ0) is 15.9. The number of methoxy groups -OCH3 is 1. The van der Waals surface area contributed by atoms with E-state index < -0.39 is 30.1 Å². The normalized spacial score (nSPS) is 12.6. The van der Waals surface area contributed by atoms with E-state index in [0.717, 1.165) is 4.90 Å². The molecule has 2 atom stereocenters. The maximum Gasteiger partial charge on any atom is 0.411 e. The molecular formula is C13H20N2O5. The smallest absolute Gasteiger partial charge is 0.411 e. The molecule has 7 nitrogen and oxygen atoms in total. The minimum Gasteiger partial charge on any atom is -0.467 e. The molecule has 0 aliphatic carbocycles. The monoisotopic (exact) mass is 284 g/mol. The van der Waals surface area contributed by atoms with Crippen LogP contribution in [0, 0.1) is 12.3 Å². The number of likely N-dealkylation sites (N-methyl/N-ethyl adjacent to an activating group) is 2. The molecule has 20 heavy (non-hydrogen) atoms. The number of rotatable bonds is 5. The molecule has 0 saturated heterocycles. The largest absolute Gasteiger partial charge is 0.467 e. The van der Waals surface area contributed by atoms with Gasteiger partial charge in [0.1, 0.15) is 12.1 Å². The van der Waals surface area contributed by atoms with Crippen LogP contribution in [0.3, 0.4) is 0 Å². The van der Waals surface area contributed by atoms with Gasteiger partial charge in [0.15, 0.2) is 6.61 Å². The Bertz CT molecular complexity index is 415. The van der Waals surface area contributed by atoms with E-state index in [2.05, 4.69) is 10.7 Å². The number of amides is 2. The van der Waals surface area contributed by atoms with Crippen LogP contribution in [0.1, 0.15) is 13.8 Å². The topological polar surface area (TPSA) is 76.2 Å². The van der Waals surface area contributed by atoms with Gasteiger partial charge in [0.25, 0.3) is 0 Å². The molecule has 0 aromatic heterocycles. The second-order valence-electron chi connectivity index (χ2n) is 4.19. The van der Waals surface area contributed by atoms with Crippen LogP contribution in [0.5, 0.6) is 0 Å². The first-order valence-corrected chi connectivity index (χ1v) is 5.95. The van der Waals surface area contributed by atoms with Crippen molar-refractivity contribution in [3.05, 3.63) is 0 Å². The Morgan fingerprint density at radius 1 is 1.15 bits per heavy atom. The van der Waals surface area contributed by atoms with Gasteiger partial charge in [0.2, 0.25) is 5.91 Å². The van der Waals surface area contributed by atoms with E-state index in [0.29, 0.717) is 0 Å². The molecule has 0 unspecified atom stereocenters. The molecule has 0 aromatic carbocycles. The zero-order valence-corrected chi connectivity index (χ0v) is 12.4. The van der Waals surface area contributed by atoms with Gasteiger partial charge in [0.05, 0.1) is 7.11 Å². The fraction of sp³-hybridized carbons (Fsp3) is 0.615. The number of carbonyl (C=O) groups excluding carboxylic acids is 3. The number of nitrogens with zero attached hydrogens (tertiary/aromatic N) is 2. The van der Waals surface area contributed by atoms with E-state index in [1.807, 2.05) is 0 Å². The Kier molecular flexibility index (Phi) is 7.15. The Balaban J connectivity index is 4.72. The fourth-order valence-corrected chi connectivity index (χ4v) is 1.34. The minimum absolute atomic E-state index is 0.168. The van der Waals surface area contributed by atoms with Gasteiger partial charge in [-0.25, -0.2) is 9.59 Å². The lowest BCUT2D eigenvalue weighted by atomic mass is 10.2. The van der Waals surface area contributed by atoms with Crippen molar-refractivity contribution in [2.45, 2.75) is 25.9 Å². The maximum atomic E-state index is 12.2. The summed E-state index contributed by atoms with van der Waals surface area (Å²) in [7, 11) is 4.11. The van der Waals surface area contributed by atoms with E-state index in [1.54, 1.807) is 0 Å². The van der Waals surface area contributed by atoms with Crippen molar-refractivity contribution < 1.29 is 23.9 Å². The number of carbonyl (C=O) groups is 3. The second-order valence-corrected chi connectivity index (χ2v) is 4.19. The summed E-state index contributed by atoms with van der Waals surface area (Å²) in [6.45, 7) is 2.89. The summed E-state index contributed by atoms with van der Waals surface area (Å²) in [5, 5.41) is 0. The Hall–Kier alpha value is -2.23. The molecule has 0 N–H and O–H groups in total. The average molecular weight is 284 g/mol. The highest BCUT2D eigenvalue weighted by atomic mass is 16.6. The van der Waals surface area contributed by atoms with E-state index in [1.165, 1.54) is 40.0 Å². The molecule has 0 radical (unpaired) electrons.